The molecule has 0 atom stereocenters. The fourth-order valence-electron chi connectivity index (χ4n) is 3.12. The third-order valence-corrected chi connectivity index (χ3v) is 4.51. The number of para-hydroxylation sites is 2. The number of amides is 1. The van der Waals surface area contributed by atoms with Gasteiger partial charge in [0.05, 0.1) is 25.3 Å². The SMILES string of the molecule is CCn1c(=O)n(CC(=O)NCc2ccc(OC)cc2OC)c2ccccc21. The summed E-state index contributed by atoms with van der Waals surface area (Å²) in [5.41, 5.74) is 2.22. The molecule has 0 aliphatic rings. The number of rotatable bonds is 7. The van der Waals surface area contributed by atoms with Gasteiger partial charge in [-0.25, -0.2) is 4.79 Å². The molecule has 0 saturated heterocycles. The van der Waals surface area contributed by atoms with Gasteiger partial charge in [0.25, 0.3) is 0 Å². The molecule has 0 radical (unpaired) electrons. The first-order valence-electron chi connectivity index (χ1n) is 8.74. The molecular weight excluding hydrogens is 346 g/mol. The van der Waals surface area contributed by atoms with Gasteiger partial charge in [-0.05, 0) is 31.2 Å². The first-order chi connectivity index (χ1) is 13.1. The van der Waals surface area contributed by atoms with Crippen LogP contribution >= 0.6 is 0 Å². The van der Waals surface area contributed by atoms with E-state index in [0.717, 1.165) is 16.6 Å². The minimum Gasteiger partial charge on any atom is -0.497 e. The number of methoxy groups -OCH3 is 2. The van der Waals surface area contributed by atoms with Crippen molar-refractivity contribution < 1.29 is 14.3 Å². The van der Waals surface area contributed by atoms with E-state index in [9.17, 15) is 9.59 Å². The molecule has 0 unspecified atom stereocenters. The largest absolute Gasteiger partial charge is 0.497 e. The standard InChI is InChI=1S/C20H23N3O4/c1-4-22-16-7-5-6-8-17(16)23(20(22)25)13-19(24)21-12-14-9-10-15(26-2)11-18(14)27-3/h5-11H,4,12-13H2,1-3H3,(H,21,24). The maximum atomic E-state index is 12.6. The number of benzene rings is 2. The Morgan fingerprint density at radius 2 is 1.74 bits per heavy atom. The number of fused-ring (bicyclic) bond motifs is 1. The average Bonchev–Trinajstić information content (AvgIpc) is 2.97. The van der Waals surface area contributed by atoms with E-state index in [1.165, 1.54) is 4.57 Å². The molecule has 3 rings (SSSR count). The summed E-state index contributed by atoms with van der Waals surface area (Å²) in [5.74, 6) is 1.07. The van der Waals surface area contributed by atoms with Gasteiger partial charge in [-0.2, -0.15) is 0 Å². The lowest BCUT2D eigenvalue weighted by Gasteiger charge is -2.11. The molecule has 7 nitrogen and oxygen atoms in total. The molecule has 1 aromatic heterocycles. The van der Waals surface area contributed by atoms with Gasteiger partial charge >= 0.3 is 5.69 Å². The summed E-state index contributed by atoms with van der Waals surface area (Å²) >= 11 is 0. The Bertz CT molecular complexity index is 1020. The number of nitrogens with one attached hydrogen (secondary N) is 1. The number of imidazole rings is 1. The lowest BCUT2D eigenvalue weighted by atomic mass is 10.2. The molecule has 3 aromatic rings. The molecule has 0 aliphatic heterocycles. The third-order valence-electron chi connectivity index (χ3n) is 4.51. The van der Waals surface area contributed by atoms with Crippen molar-refractivity contribution in [3.63, 3.8) is 0 Å². The number of hydrogen-bond donors (Lipinski definition) is 1. The van der Waals surface area contributed by atoms with E-state index in [1.54, 1.807) is 24.9 Å². The summed E-state index contributed by atoms with van der Waals surface area (Å²) in [7, 11) is 3.15. The molecule has 0 aliphatic carbocycles. The molecule has 0 spiro atoms. The molecule has 0 bridgehead atoms. The molecule has 0 saturated carbocycles. The topological polar surface area (TPSA) is 74.5 Å². The molecule has 27 heavy (non-hydrogen) atoms. The molecule has 2 aromatic carbocycles. The van der Waals surface area contributed by atoms with Crippen LogP contribution in [0.15, 0.2) is 47.3 Å². The fraction of sp³-hybridized carbons (Fsp3) is 0.300. The van der Waals surface area contributed by atoms with Crippen LogP contribution in [0, 0.1) is 0 Å². The Morgan fingerprint density at radius 1 is 1.04 bits per heavy atom. The van der Waals surface area contributed by atoms with Gasteiger partial charge in [-0.15, -0.1) is 0 Å². The highest BCUT2D eigenvalue weighted by molar-refractivity contribution is 5.81. The van der Waals surface area contributed by atoms with E-state index in [-0.39, 0.29) is 18.1 Å². The number of carbonyl (C=O) groups excluding carboxylic acids is 1. The van der Waals surface area contributed by atoms with Crippen LogP contribution < -0.4 is 20.5 Å². The van der Waals surface area contributed by atoms with E-state index in [1.807, 2.05) is 43.3 Å². The van der Waals surface area contributed by atoms with Crippen molar-refractivity contribution in [2.75, 3.05) is 14.2 Å². The van der Waals surface area contributed by atoms with Gasteiger partial charge in [0.2, 0.25) is 5.91 Å². The van der Waals surface area contributed by atoms with Gasteiger partial charge in [-0.3, -0.25) is 13.9 Å². The predicted molar refractivity (Wildman–Crippen MR) is 103 cm³/mol. The highest BCUT2D eigenvalue weighted by Gasteiger charge is 2.14. The van der Waals surface area contributed by atoms with Gasteiger partial charge in [0, 0.05) is 24.7 Å². The van der Waals surface area contributed by atoms with Crippen molar-refractivity contribution in [3.05, 3.63) is 58.5 Å². The summed E-state index contributed by atoms with van der Waals surface area (Å²) in [4.78, 5) is 25.1. The van der Waals surface area contributed by atoms with Crippen LogP contribution in [-0.4, -0.2) is 29.3 Å². The summed E-state index contributed by atoms with van der Waals surface area (Å²) < 4.78 is 13.7. The molecular formula is C20H23N3O4. The average molecular weight is 369 g/mol. The number of hydrogen-bond acceptors (Lipinski definition) is 4. The van der Waals surface area contributed by atoms with Crippen molar-refractivity contribution >= 4 is 16.9 Å². The predicted octanol–water partition coefficient (Wildman–Crippen LogP) is 2.16. The number of aromatic nitrogens is 2. The third kappa shape index (κ3) is 3.67. The summed E-state index contributed by atoms with van der Waals surface area (Å²) in [6, 6.07) is 12.9. The zero-order chi connectivity index (χ0) is 19.4. The van der Waals surface area contributed by atoms with Crippen LogP contribution in [-0.2, 0) is 24.4 Å². The van der Waals surface area contributed by atoms with Gasteiger partial charge in [-0.1, -0.05) is 12.1 Å². The monoisotopic (exact) mass is 369 g/mol. The lowest BCUT2D eigenvalue weighted by molar-refractivity contribution is -0.121. The van der Waals surface area contributed by atoms with Crippen LogP contribution in [0.5, 0.6) is 11.5 Å². The number of ether oxygens (including phenoxy) is 2. The van der Waals surface area contributed by atoms with E-state index >= 15 is 0 Å². The summed E-state index contributed by atoms with van der Waals surface area (Å²) in [5, 5.41) is 2.85. The van der Waals surface area contributed by atoms with E-state index < -0.39 is 0 Å². The minimum atomic E-state index is -0.242. The second kappa shape index (κ2) is 7.99. The second-order valence-electron chi connectivity index (χ2n) is 6.06. The van der Waals surface area contributed by atoms with Crippen molar-refractivity contribution in [2.45, 2.75) is 26.6 Å². The first-order valence-corrected chi connectivity index (χ1v) is 8.74. The quantitative estimate of drug-likeness (QED) is 0.693. The Kier molecular flexibility index (Phi) is 5.49. The van der Waals surface area contributed by atoms with Crippen molar-refractivity contribution in [2.24, 2.45) is 0 Å². The van der Waals surface area contributed by atoms with Gasteiger partial charge in [0.1, 0.15) is 18.0 Å². The Morgan fingerprint density at radius 3 is 2.37 bits per heavy atom. The van der Waals surface area contributed by atoms with Crippen LogP contribution in [0.1, 0.15) is 12.5 Å². The highest BCUT2D eigenvalue weighted by Crippen LogP contribution is 2.24. The summed E-state index contributed by atoms with van der Waals surface area (Å²) in [6.45, 7) is 2.73. The Balaban J connectivity index is 1.77. The highest BCUT2D eigenvalue weighted by atomic mass is 16.5. The number of nitrogens with zero attached hydrogens (tertiary/aromatic N) is 2. The van der Waals surface area contributed by atoms with Gasteiger partial charge < -0.3 is 14.8 Å². The van der Waals surface area contributed by atoms with E-state index in [0.29, 0.717) is 24.6 Å². The van der Waals surface area contributed by atoms with Crippen LogP contribution in [0.25, 0.3) is 11.0 Å². The Labute approximate surface area is 157 Å². The molecule has 0 fully saturated rings. The van der Waals surface area contributed by atoms with Crippen molar-refractivity contribution in [1.82, 2.24) is 14.5 Å². The lowest BCUT2D eigenvalue weighted by Crippen LogP contribution is -2.32. The van der Waals surface area contributed by atoms with Crippen LogP contribution in [0.3, 0.4) is 0 Å². The minimum absolute atomic E-state index is 0.0369. The first kappa shape index (κ1) is 18.6. The smallest absolute Gasteiger partial charge is 0.329 e. The zero-order valence-corrected chi connectivity index (χ0v) is 15.7. The molecule has 142 valence electrons. The van der Waals surface area contributed by atoms with Crippen molar-refractivity contribution in [1.29, 1.82) is 0 Å². The normalized spacial score (nSPS) is 10.8. The fourth-order valence-corrected chi connectivity index (χ4v) is 3.12. The maximum absolute atomic E-state index is 12.6. The number of carbonyl (C=O) groups is 1. The van der Waals surface area contributed by atoms with Crippen LogP contribution in [0.2, 0.25) is 0 Å². The van der Waals surface area contributed by atoms with Crippen molar-refractivity contribution in [3.8, 4) is 11.5 Å². The number of aryl methyl sites for hydroxylation is 1. The van der Waals surface area contributed by atoms with E-state index in [2.05, 4.69) is 5.32 Å². The zero-order valence-electron chi connectivity index (χ0n) is 15.7. The van der Waals surface area contributed by atoms with Crippen LogP contribution in [0.4, 0.5) is 0 Å². The van der Waals surface area contributed by atoms with E-state index in [4.69, 9.17) is 9.47 Å². The van der Waals surface area contributed by atoms with Gasteiger partial charge in [0.15, 0.2) is 0 Å². The second-order valence-corrected chi connectivity index (χ2v) is 6.06. The molecule has 1 amide bonds. The molecule has 7 heteroatoms. The molecule has 1 heterocycles. The summed E-state index contributed by atoms with van der Waals surface area (Å²) in [6.07, 6.45) is 0. The molecule has 1 N–H and O–H groups in total. The Hall–Kier alpha value is -3.22. The maximum Gasteiger partial charge on any atom is 0.329 e.